The molecule has 104 valence electrons. The Balaban J connectivity index is 1.56. The molecule has 2 heterocycles. The van der Waals surface area contributed by atoms with Crippen molar-refractivity contribution in [1.82, 2.24) is 4.90 Å². The van der Waals surface area contributed by atoms with Gasteiger partial charge in [-0.25, -0.2) is 0 Å². The SMILES string of the molecule is CC1CN(C(=O)CCOCC2CCCO2)CCO1. The summed E-state index contributed by atoms with van der Waals surface area (Å²) < 4.78 is 16.4. The van der Waals surface area contributed by atoms with Crippen molar-refractivity contribution in [2.45, 2.75) is 38.4 Å². The number of morpholine rings is 1. The van der Waals surface area contributed by atoms with Gasteiger partial charge < -0.3 is 19.1 Å². The summed E-state index contributed by atoms with van der Waals surface area (Å²) in [5.41, 5.74) is 0. The van der Waals surface area contributed by atoms with Gasteiger partial charge in [-0.3, -0.25) is 4.79 Å². The van der Waals surface area contributed by atoms with E-state index in [4.69, 9.17) is 14.2 Å². The Morgan fingerprint density at radius 2 is 2.28 bits per heavy atom. The second-order valence-corrected chi connectivity index (χ2v) is 4.98. The first-order valence-corrected chi connectivity index (χ1v) is 6.84. The molecule has 0 aromatic rings. The zero-order chi connectivity index (χ0) is 12.8. The molecular formula is C13H23NO4. The third-order valence-corrected chi connectivity index (χ3v) is 3.38. The third-order valence-electron chi connectivity index (χ3n) is 3.38. The predicted octanol–water partition coefficient (Wildman–Crippen LogP) is 0.819. The lowest BCUT2D eigenvalue weighted by Gasteiger charge is -2.31. The molecule has 2 unspecified atom stereocenters. The van der Waals surface area contributed by atoms with E-state index in [-0.39, 0.29) is 18.1 Å². The number of amides is 1. The Bertz CT molecular complexity index is 266. The maximum Gasteiger partial charge on any atom is 0.225 e. The summed E-state index contributed by atoms with van der Waals surface area (Å²) in [7, 11) is 0. The molecule has 0 N–H and O–H groups in total. The molecular weight excluding hydrogens is 234 g/mol. The topological polar surface area (TPSA) is 48.0 Å². The summed E-state index contributed by atoms with van der Waals surface area (Å²) >= 11 is 0. The number of ether oxygens (including phenoxy) is 3. The van der Waals surface area contributed by atoms with Crippen LogP contribution in [-0.4, -0.2) is 62.5 Å². The van der Waals surface area contributed by atoms with Crippen molar-refractivity contribution in [1.29, 1.82) is 0 Å². The van der Waals surface area contributed by atoms with E-state index >= 15 is 0 Å². The van der Waals surface area contributed by atoms with Gasteiger partial charge in [-0.15, -0.1) is 0 Å². The normalized spacial score (nSPS) is 28.6. The Labute approximate surface area is 108 Å². The summed E-state index contributed by atoms with van der Waals surface area (Å²) in [4.78, 5) is 13.8. The van der Waals surface area contributed by atoms with Crippen LogP contribution in [0.25, 0.3) is 0 Å². The van der Waals surface area contributed by atoms with Gasteiger partial charge in [0.2, 0.25) is 5.91 Å². The quantitative estimate of drug-likeness (QED) is 0.684. The van der Waals surface area contributed by atoms with Crippen LogP contribution in [0.2, 0.25) is 0 Å². The van der Waals surface area contributed by atoms with Crippen molar-refractivity contribution in [2.75, 3.05) is 39.5 Å². The molecule has 5 heteroatoms. The van der Waals surface area contributed by atoms with Gasteiger partial charge in [-0.2, -0.15) is 0 Å². The molecule has 2 saturated heterocycles. The van der Waals surface area contributed by atoms with E-state index in [0.29, 0.717) is 39.3 Å². The lowest BCUT2D eigenvalue weighted by Crippen LogP contribution is -2.44. The van der Waals surface area contributed by atoms with Gasteiger partial charge in [0.25, 0.3) is 0 Å². The van der Waals surface area contributed by atoms with Crippen molar-refractivity contribution in [3.63, 3.8) is 0 Å². The van der Waals surface area contributed by atoms with Crippen LogP contribution in [-0.2, 0) is 19.0 Å². The average Bonchev–Trinajstić information content (AvgIpc) is 2.87. The smallest absolute Gasteiger partial charge is 0.225 e. The van der Waals surface area contributed by atoms with Gasteiger partial charge in [0, 0.05) is 19.7 Å². The molecule has 0 radical (unpaired) electrons. The van der Waals surface area contributed by atoms with Crippen LogP contribution in [0, 0.1) is 0 Å². The van der Waals surface area contributed by atoms with Crippen molar-refractivity contribution < 1.29 is 19.0 Å². The highest BCUT2D eigenvalue weighted by Gasteiger charge is 2.21. The van der Waals surface area contributed by atoms with Crippen LogP contribution in [0.4, 0.5) is 0 Å². The summed E-state index contributed by atoms with van der Waals surface area (Å²) in [6, 6.07) is 0. The van der Waals surface area contributed by atoms with Crippen molar-refractivity contribution in [3.05, 3.63) is 0 Å². The fourth-order valence-electron chi connectivity index (χ4n) is 2.35. The molecule has 2 aliphatic rings. The van der Waals surface area contributed by atoms with Gasteiger partial charge in [-0.05, 0) is 19.8 Å². The molecule has 1 amide bonds. The molecule has 0 spiro atoms. The van der Waals surface area contributed by atoms with E-state index in [9.17, 15) is 4.79 Å². The largest absolute Gasteiger partial charge is 0.378 e. The zero-order valence-electron chi connectivity index (χ0n) is 11.1. The molecule has 2 aliphatic heterocycles. The second kappa shape index (κ2) is 7.07. The number of hydrogen-bond acceptors (Lipinski definition) is 4. The molecule has 2 atom stereocenters. The summed E-state index contributed by atoms with van der Waals surface area (Å²) in [6.45, 7) is 5.99. The highest BCUT2D eigenvalue weighted by molar-refractivity contribution is 5.76. The average molecular weight is 257 g/mol. The Morgan fingerprint density at radius 1 is 1.39 bits per heavy atom. The van der Waals surface area contributed by atoms with Gasteiger partial charge in [0.05, 0.1) is 38.4 Å². The fourth-order valence-corrected chi connectivity index (χ4v) is 2.35. The molecule has 0 saturated carbocycles. The van der Waals surface area contributed by atoms with E-state index in [0.717, 1.165) is 19.4 Å². The predicted molar refractivity (Wildman–Crippen MR) is 66.4 cm³/mol. The van der Waals surface area contributed by atoms with Gasteiger partial charge in [0.15, 0.2) is 0 Å². The van der Waals surface area contributed by atoms with E-state index in [2.05, 4.69) is 0 Å². The summed E-state index contributed by atoms with van der Waals surface area (Å²) in [5, 5.41) is 0. The minimum Gasteiger partial charge on any atom is -0.378 e. The maximum atomic E-state index is 11.9. The Hall–Kier alpha value is -0.650. The van der Waals surface area contributed by atoms with Crippen LogP contribution < -0.4 is 0 Å². The summed E-state index contributed by atoms with van der Waals surface area (Å²) in [5.74, 6) is 0.164. The first kappa shape index (κ1) is 13.8. The monoisotopic (exact) mass is 257 g/mol. The Morgan fingerprint density at radius 3 is 3.00 bits per heavy atom. The first-order chi connectivity index (χ1) is 8.75. The number of carbonyl (C=O) groups excluding carboxylic acids is 1. The molecule has 5 nitrogen and oxygen atoms in total. The molecule has 18 heavy (non-hydrogen) atoms. The highest BCUT2D eigenvalue weighted by Crippen LogP contribution is 2.12. The van der Waals surface area contributed by atoms with Crippen molar-refractivity contribution >= 4 is 5.91 Å². The van der Waals surface area contributed by atoms with Crippen LogP contribution in [0.1, 0.15) is 26.2 Å². The van der Waals surface area contributed by atoms with E-state index in [1.54, 1.807) is 0 Å². The Kier molecular flexibility index (Phi) is 5.41. The minimum absolute atomic E-state index is 0.149. The molecule has 0 aromatic carbocycles. The highest BCUT2D eigenvalue weighted by atomic mass is 16.5. The second-order valence-electron chi connectivity index (χ2n) is 4.98. The van der Waals surface area contributed by atoms with Gasteiger partial charge in [-0.1, -0.05) is 0 Å². The lowest BCUT2D eigenvalue weighted by molar-refractivity contribution is -0.139. The standard InChI is InChI=1S/C13H23NO4/c1-11-9-14(5-8-17-11)13(15)4-7-16-10-12-3-2-6-18-12/h11-12H,2-10H2,1H3. The zero-order valence-corrected chi connectivity index (χ0v) is 11.1. The number of rotatable bonds is 5. The van der Waals surface area contributed by atoms with Crippen LogP contribution in [0.5, 0.6) is 0 Å². The third kappa shape index (κ3) is 4.23. The van der Waals surface area contributed by atoms with Crippen LogP contribution in [0.3, 0.4) is 0 Å². The molecule has 0 bridgehead atoms. The number of nitrogens with zero attached hydrogens (tertiary/aromatic N) is 1. The van der Waals surface area contributed by atoms with Crippen LogP contribution >= 0.6 is 0 Å². The molecule has 2 rings (SSSR count). The van der Waals surface area contributed by atoms with Crippen LogP contribution in [0.15, 0.2) is 0 Å². The summed E-state index contributed by atoms with van der Waals surface area (Å²) in [6.07, 6.45) is 3.05. The first-order valence-electron chi connectivity index (χ1n) is 6.84. The van der Waals surface area contributed by atoms with Gasteiger partial charge in [0.1, 0.15) is 0 Å². The number of carbonyl (C=O) groups is 1. The maximum absolute atomic E-state index is 11.9. The van der Waals surface area contributed by atoms with E-state index in [1.165, 1.54) is 0 Å². The molecule has 2 fully saturated rings. The van der Waals surface area contributed by atoms with E-state index in [1.807, 2.05) is 11.8 Å². The van der Waals surface area contributed by atoms with Crippen molar-refractivity contribution in [2.24, 2.45) is 0 Å². The van der Waals surface area contributed by atoms with Crippen molar-refractivity contribution in [3.8, 4) is 0 Å². The lowest BCUT2D eigenvalue weighted by atomic mass is 10.2. The molecule has 0 aromatic heterocycles. The van der Waals surface area contributed by atoms with Gasteiger partial charge >= 0.3 is 0 Å². The molecule has 0 aliphatic carbocycles. The number of hydrogen-bond donors (Lipinski definition) is 0. The fraction of sp³-hybridized carbons (Fsp3) is 0.923. The van der Waals surface area contributed by atoms with E-state index < -0.39 is 0 Å². The minimum atomic E-state index is 0.149.